The molecule has 2 aromatic rings. The Labute approximate surface area is 145 Å². The first-order chi connectivity index (χ1) is 11.4. The molecule has 0 fully saturated rings. The Morgan fingerprint density at radius 1 is 1.17 bits per heavy atom. The second-order valence-corrected chi connectivity index (χ2v) is 5.75. The van der Waals surface area contributed by atoms with Gasteiger partial charge in [-0.3, -0.25) is 4.79 Å². The maximum Gasteiger partial charge on any atom is 0.225 e. The molecule has 2 aromatic carbocycles. The Balaban J connectivity index is 2.07. The summed E-state index contributed by atoms with van der Waals surface area (Å²) in [5.74, 6) is 0.0885. The van der Waals surface area contributed by atoms with Crippen LogP contribution in [0.1, 0.15) is 24.1 Å². The smallest absolute Gasteiger partial charge is 0.225 e. The monoisotopic (exact) mass is 351 g/mol. The van der Waals surface area contributed by atoms with Crippen LogP contribution in [-0.2, 0) is 11.2 Å². The number of halogens is 2. The van der Waals surface area contributed by atoms with Gasteiger partial charge in [0.1, 0.15) is 5.75 Å². The molecular weight excluding hydrogens is 333 g/mol. The van der Waals surface area contributed by atoms with Gasteiger partial charge in [0.05, 0.1) is 26.7 Å². The highest BCUT2D eigenvalue weighted by atomic mass is 35.5. The predicted octanol–water partition coefficient (Wildman–Crippen LogP) is 3.92. The van der Waals surface area contributed by atoms with Gasteiger partial charge in [-0.1, -0.05) is 17.7 Å². The Bertz CT molecular complexity index is 736. The van der Waals surface area contributed by atoms with Gasteiger partial charge in [0, 0.05) is 10.6 Å². The number of methoxy groups -OCH3 is 2. The fourth-order valence-electron chi connectivity index (χ4n) is 2.39. The summed E-state index contributed by atoms with van der Waals surface area (Å²) >= 11 is 5.96. The summed E-state index contributed by atoms with van der Waals surface area (Å²) < 4.78 is 23.9. The summed E-state index contributed by atoms with van der Waals surface area (Å²) in [6, 6.07) is 9.36. The quantitative estimate of drug-likeness (QED) is 0.858. The van der Waals surface area contributed by atoms with Crippen molar-refractivity contribution in [3.8, 4) is 11.5 Å². The van der Waals surface area contributed by atoms with Crippen LogP contribution in [0.5, 0.6) is 11.5 Å². The standard InChI is InChI=1S/C18H19ClFNO3/c1-11(12-4-6-17(24-3)15(20)9-12)21-18(22)10-13-8-14(19)5-7-16(13)23-2/h4-9,11H,10H2,1-3H3,(H,21,22)/t11-/m1/s1. The first kappa shape index (κ1) is 18.1. The first-order valence-corrected chi connectivity index (χ1v) is 7.77. The van der Waals surface area contributed by atoms with E-state index < -0.39 is 5.82 Å². The third-order valence-electron chi connectivity index (χ3n) is 3.65. The molecule has 0 saturated carbocycles. The summed E-state index contributed by atoms with van der Waals surface area (Å²) in [6.45, 7) is 1.79. The van der Waals surface area contributed by atoms with E-state index in [0.717, 1.165) is 0 Å². The van der Waals surface area contributed by atoms with Crippen molar-refractivity contribution < 1.29 is 18.7 Å². The van der Waals surface area contributed by atoms with E-state index in [4.69, 9.17) is 21.1 Å². The summed E-state index contributed by atoms with van der Waals surface area (Å²) in [4.78, 5) is 12.3. The van der Waals surface area contributed by atoms with Gasteiger partial charge in [-0.2, -0.15) is 0 Å². The molecule has 0 radical (unpaired) electrons. The lowest BCUT2D eigenvalue weighted by atomic mass is 10.1. The molecule has 1 atom stereocenters. The molecule has 6 heteroatoms. The van der Waals surface area contributed by atoms with Gasteiger partial charge in [0.2, 0.25) is 5.91 Å². The molecule has 1 N–H and O–H groups in total. The molecule has 24 heavy (non-hydrogen) atoms. The number of ether oxygens (including phenoxy) is 2. The third kappa shape index (κ3) is 4.38. The summed E-state index contributed by atoms with van der Waals surface area (Å²) in [5, 5.41) is 3.37. The van der Waals surface area contributed by atoms with Gasteiger partial charge in [-0.15, -0.1) is 0 Å². The lowest BCUT2D eigenvalue weighted by Gasteiger charge is -2.16. The highest BCUT2D eigenvalue weighted by molar-refractivity contribution is 6.30. The molecule has 0 aromatic heterocycles. The maximum absolute atomic E-state index is 13.8. The highest BCUT2D eigenvalue weighted by Crippen LogP contribution is 2.24. The molecule has 0 aliphatic carbocycles. The molecule has 0 spiro atoms. The first-order valence-electron chi connectivity index (χ1n) is 7.39. The number of hydrogen-bond donors (Lipinski definition) is 1. The number of nitrogens with one attached hydrogen (secondary N) is 1. The van der Waals surface area contributed by atoms with Crippen LogP contribution < -0.4 is 14.8 Å². The molecule has 0 aliphatic heterocycles. The minimum absolute atomic E-state index is 0.118. The fourth-order valence-corrected chi connectivity index (χ4v) is 2.58. The molecule has 0 aliphatic rings. The van der Waals surface area contributed by atoms with E-state index in [1.165, 1.54) is 26.4 Å². The number of carbonyl (C=O) groups excluding carboxylic acids is 1. The van der Waals surface area contributed by atoms with Crippen molar-refractivity contribution in [3.05, 3.63) is 58.4 Å². The predicted molar refractivity (Wildman–Crippen MR) is 91.2 cm³/mol. The van der Waals surface area contributed by atoms with Crippen LogP contribution in [0.4, 0.5) is 4.39 Å². The second-order valence-electron chi connectivity index (χ2n) is 5.32. The Morgan fingerprint density at radius 3 is 2.46 bits per heavy atom. The molecule has 0 unspecified atom stereocenters. The fraction of sp³-hybridized carbons (Fsp3) is 0.278. The van der Waals surface area contributed by atoms with Crippen LogP contribution in [0.2, 0.25) is 5.02 Å². The van der Waals surface area contributed by atoms with Gasteiger partial charge in [0.15, 0.2) is 11.6 Å². The van der Waals surface area contributed by atoms with Gasteiger partial charge in [0.25, 0.3) is 0 Å². The van der Waals surface area contributed by atoms with Crippen molar-refractivity contribution >= 4 is 17.5 Å². The molecule has 2 rings (SSSR count). The van der Waals surface area contributed by atoms with Crippen LogP contribution in [-0.4, -0.2) is 20.1 Å². The van der Waals surface area contributed by atoms with Gasteiger partial charge < -0.3 is 14.8 Å². The Kier molecular flexibility index (Phi) is 6.04. The summed E-state index contributed by atoms with van der Waals surface area (Å²) in [7, 11) is 2.94. The number of amides is 1. The van der Waals surface area contributed by atoms with Crippen LogP contribution in [0.25, 0.3) is 0 Å². The molecule has 1 amide bonds. The van der Waals surface area contributed by atoms with E-state index in [9.17, 15) is 9.18 Å². The van der Waals surface area contributed by atoms with Crippen molar-refractivity contribution in [1.82, 2.24) is 5.32 Å². The molecule has 0 saturated heterocycles. The zero-order chi connectivity index (χ0) is 17.7. The lowest BCUT2D eigenvalue weighted by molar-refractivity contribution is -0.121. The van der Waals surface area contributed by atoms with Crippen molar-refractivity contribution in [2.24, 2.45) is 0 Å². The normalized spacial score (nSPS) is 11.7. The van der Waals surface area contributed by atoms with E-state index in [0.29, 0.717) is 21.9 Å². The summed E-state index contributed by atoms with van der Waals surface area (Å²) in [5.41, 5.74) is 1.34. The average molecular weight is 352 g/mol. The molecule has 4 nitrogen and oxygen atoms in total. The van der Waals surface area contributed by atoms with E-state index >= 15 is 0 Å². The van der Waals surface area contributed by atoms with Crippen molar-refractivity contribution in [3.63, 3.8) is 0 Å². The van der Waals surface area contributed by atoms with E-state index in [2.05, 4.69) is 5.32 Å². The van der Waals surface area contributed by atoms with E-state index in [1.54, 1.807) is 31.2 Å². The van der Waals surface area contributed by atoms with Crippen molar-refractivity contribution in [1.29, 1.82) is 0 Å². The number of hydrogen-bond acceptors (Lipinski definition) is 3. The SMILES string of the molecule is COc1ccc([C@@H](C)NC(=O)Cc2cc(Cl)ccc2OC)cc1F. The summed E-state index contributed by atoms with van der Waals surface area (Å²) in [6.07, 6.45) is 0.118. The number of rotatable bonds is 6. The molecule has 0 bridgehead atoms. The molecular formula is C18H19ClFNO3. The third-order valence-corrected chi connectivity index (χ3v) is 3.88. The molecule has 128 valence electrons. The second kappa shape index (κ2) is 8.02. The van der Waals surface area contributed by atoms with Gasteiger partial charge in [-0.05, 0) is 42.8 Å². The van der Waals surface area contributed by atoms with Crippen LogP contribution >= 0.6 is 11.6 Å². The van der Waals surface area contributed by atoms with Crippen LogP contribution in [0.15, 0.2) is 36.4 Å². The van der Waals surface area contributed by atoms with Crippen LogP contribution in [0, 0.1) is 5.82 Å². The Morgan fingerprint density at radius 2 is 1.83 bits per heavy atom. The zero-order valence-electron chi connectivity index (χ0n) is 13.7. The topological polar surface area (TPSA) is 47.6 Å². The van der Waals surface area contributed by atoms with Crippen molar-refractivity contribution in [2.45, 2.75) is 19.4 Å². The minimum Gasteiger partial charge on any atom is -0.496 e. The minimum atomic E-state index is -0.465. The lowest BCUT2D eigenvalue weighted by Crippen LogP contribution is -2.28. The zero-order valence-corrected chi connectivity index (χ0v) is 14.5. The van der Waals surface area contributed by atoms with Crippen LogP contribution in [0.3, 0.4) is 0 Å². The largest absolute Gasteiger partial charge is 0.496 e. The van der Waals surface area contributed by atoms with Crippen molar-refractivity contribution in [2.75, 3.05) is 14.2 Å². The number of benzene rings is 2. The maximum atomic E-state index is 13.8. The van der Waals surface area contributed by atoms with Gasteiger partial charge >= 0.3 is 0 Å². The van der Waals surface area contributed by atoms with Gasteiger partial charge in [-0.25, -0.2) is 4.39 Å². The Hall–Kier alpha value is -2.27. The number of carbonyl (C=O) groups is 1. The van der Waals surface area contributed by atoms with E-state index in [-0.39, 0.29) is 24.1 Å². The van der Waals surface area contributed by atoms with E-state index in [1.807, 2.05) is 0 Å². The highest BCUT2D eigenvalue weighted by Gasteiger charge is 2.14. The average Bonchev–Trinajstić information content (AvgIpc) is 2.54. The molecule has 0 heterocycles.